The lowest BCUT2D eigenvalue weighted by Crippen LogP contribution is -1.87. The fourth-order valence-electron chi connectivity index (χ4n) is 0.344. The number of rotatable bonds is 3. The van der Waals surface area contributed by atoms with Crippen LogP contribution in [0.15, 0.2) is 0 Å². The Bertz CT molecular complexity index is 19.5. The minimum absolute atomic E-state index is 0.187. The summed E-state index contributed by atoms with van der Waals surface area (Å²) in [5, 5.41) is 1.42. The molecule has 6 heavy (non-hydrogen) atoms. The topological polar surface area (TPSA) is 0 Å². The second-order valence-electron chi connectivity index (χ2n) is 1.40. The largest absolute Gasteiger partial charge is 0.259 e. The molecule has 0 fully saturated rings. The maximum absolute atomic E-state index is 5.44. The zero-order chi connectivity index (χ0) is 4.83. The average molecular weight is 121 g/mol. The van der Waals surface area contributed by atoms with Gasteiger partial charge in [0.15, 0.2) is 0 Å². The highest BCUT2D eigenvalue weighted by Gasteiger charge is 1.83. The van der Waals surface area contributed by atoms with Crippen LogP contribution in [0.1, 0.15) is 13.3 Å². The molecule has 0 unspecified atom stereocenters. The lowest BCUT2D eigenvalue weighted by Gasteiger charge is -1.80. The van der Waals surface area contributed by atoms with Crippen molar-refractivity contribution >= 4 is 26.8 Å². The van der Waals surface area contributed by atoms with E-state index in [2.05, 4.69) is 6.92 Å². The molecule has 0 rings (SSSR count). The van der Waals surface area contributed by atoms with Gasteiger partial charge < -0.3 is 0 Å². The van der Waals surface area contributed by atoms with E-state index in [1.165, 1.54) is 11.7 Å². The third kappa shape index (κ3) is 4.82. The Labute approximate surface area is 50.6 Å². The third-order valence-electron chi connectivity index (χ3n) is 0.737. The van der Waals surface area contributed by atoms with Crippen molar-refractivity contribution in [1.82, 2.24) is 0 Å². The fourth-order valence-corrected chi connectivity index (χ4v) is 1.60. The van der Waals surface area contributed by atoms with Gasteiger partial charge in [0.05, 0.1) is 0 Å². The van der Waals surface area contributed by atoms with Crippen LogP contribution in [-0.4, -0.2) is 20.0 Å². The summed E-state index contributed by atoms with van der Waals surface area (Å²) in [4.78, 5) is 0. The molecule has 0 nitrogen and oxygen atoms in total. The smallest absolute Gasteiger partial charge is 0.143 e. The third-order valence-corrected chi connectivity index (χ3v) is 3.01. The summed E-state index contributed by atoms with van der Waals surface area (Å²) in [6, 6.07) is 0. The van der Waals surface area contributed by atoms with Crippen LogP contribution >= 0.6 is 11.6 Å². The molecule has 0 spiro atoms. The average Bonchev–Trinajstić information content (AvgIpc) is 1.61. The highest BCUT2D eigenvalue weighted by atomic mass is 35.5. The minimum Gasteiger partial charge on any atom is -0.143 e. The van der Waals surface area contributed by atoms with Gasteiger partial charge in [-0.15, -0.1) is 11.6 Å². The summed E-state index contributed by atoms with van der Waals surface area (Å²) in [6.07, 6.45) is 1.33. The normalized spacial score (nSPS) is 8.33. The molecule has 0 saturated carbocycles. The van der Waals surface area contributed by atoms with E-state index < -0.39 is 0 Å². The first-order chi connectivity index (χ1) is 2.91. The number of alkyl halides is 1. The Morgan fingerprint density at radius 1 is 1.67 bits per heavy atom. The van der Waals surface area contributed by atoms with E-state index in [-0.39, 0.29) is 15.2 Å². The maximum atomic E-state index is 5.44. The van der Waals surface area contributed by atoms with Gasteiger partial charge in [0.25, 0.3) is 15.2 Å². The molecule has 0 aliphatic heterocycles. The van der Waals surface area contributed by atoms with E-state index in [0.717, 1.165) is 4.74 Å². The summed E-state index contributed by atoms with van der Waals surface area (Å²) in [6.45, 7) is 2.21. The molecule has 0 atom stereocenters. The summed E-state index contributed by atoms with van der Waals surface area (Å²) in [5.41, 5.74) is 0. The molecule has 0 bridgehead atoms. The van der Waals surface area contributed by atoms with Gasteiger partial charge in [0.2, 0.25) is 0 Å². The van der Waals surface area contributed by atoms with Gasteiger partial charge in [-0.2, -0.15) is 0 Å². The molecular formula is C4H10AlCl. The van der Waals surface area contributed by atoms with Crippen molar-refractivity contribution in [1.29, 1.82) is 0 Å². The highest BCUT2D eigenvalue weighted by molar-refractivity contribution is 6.50. The minimum atomic E-state index is 0.187. The van der Waals surface area contributed by atoms with E-state index in [0.29, 0.717) is 0 Å². The van der Waals surface area contributed by atoms with Gasteiger partial charge in [-0.1, -0.05) is 18.6 Å². The summed E-state index contributed by atoms with van der Waals surface area (Å²) in [5.74, 6) is 0. The van der Waals surface area contributed by atoms with Crippen LogP contribution in [0, 0.1) is 0 Å². The van der Waals surface area contributed by atoms with Crippen molar-refractivity contribution in [2.75, 3.05) is 4.74 Å². The number of hydrogen-bond acceptors (Lipinski definition) is 0. The molecule has 0 aromatic carbocycles. The SMILES string of the molecule is CC[CH2][AlH][CH2]Cl. The second-order valence-corrected chi connectivity index (χ2v) is 4.32. The van der Waals surface area contributed by atoms with Gasteiger partial charge in [-0.25, -0.2) is 0 Å². The van der Waals surface area contributed by atoms with Crippen molar-refractivity contribution in [3.05, 3.63) is 0 Å². The molecule has 0 aliphatic carbocycles. The Hall–Kier alpha value is 0.822. The summed E-state index contributed by atoms with van der Waals surface area (Å²) in [7, 11) is 0. The van der Waals surface area contributed by atoms with Crippen LogP contribution in [0.5, 0.6) is 0 Å². The van der Waals surface area contributed by atoms with Gasteiger partial charge in [0, 0.05) is 0 Å². The molecule has 0 aromatic heterocycles. The van der Waals surface area contributed by atoms with E-state index in [9.17, 15) is 0 Å². The predicted molar refractivity (Wildman–Crippen MR) is 33.0 cm³/mol. The van der Waals surface area contributed by atoms with Gasteiger partial charge in [-0.3, -0.25) is 0 Å². The van der Waals surface area contributed by atoms with Crippen LogP contribution in [0.4, 0.5) is 0 Å². The van der Waals surface area contributed by atoms with E-state index in [1.807, 2.05) is 0 Å². The van der Waals surface area contributed by atoms with Crippen LogP contribution < -0.4 is 0 Å². The van der Waals surface area contributed by atoms with Crippen LogP contribution in [0.3, 0.4) is 0 Å². The van der Waals surface area contributed by atoms with Crippen molar-refractivity contribution in [2.45, 2.75) is 18.6 Å². The Morgan fingerprint density at radius 3 is 2.50 bits per heavy atom. The first-order valence-electron chi connectivity index (χ1n) is 2.47. The lowest BCUT2D eigenvalue weighted by molar-refractivity contribution is 1.07. The fraction of sp³-hybridized carbons (Fsp3) is 1.00. The lowest BCUT2D eigenvalue weighted by atomic mass is 10.6. The molecule has 0 amide bonds. The van der Waals surface area contributed by atoms with Crippen molar-refractivity contribution in [2.24, 2.45) is 0 Å². The Kier molecular flexibility index (Phi) is 6.62. The van der Waals surface area contributed by atoms with Crippen molar-refractivity contribution in [3.8, 4) is 0 Å². The first-order valence-corrected chi connectivity index (χ1v) is 5.01. The van der Waals surface area contributed by atoms with Crippen LogP contribution in [0.2, 0.25) is 5.28 Å². The molecule has 0 radical (unpaired) electrons. The molecule has 0 aromatic rings. The van der Waals surface area contributed by atoms with Crippen LogP contribution in [0.25, 0.3) is 0 Å². The highest BCUT2D eigenvalue weighted by Crippen LogP contribution is 1.85. The van der Waals surface area contributed by atoms with Gasteiger partial charge in [-0.05, 0) is 4.74 Å². The Balaban J connectivity index is 2.34. The summed E-state index contributed by atoms with van der Waals surface area (Å²) >= 11 is 5.63. The molecule has 0 N–H and O–H groups in total. The molecule has 36 valence electrons. The molecule has 0 heterocycles. The van der Waals surface area contributed by atoms with Crippen LogP contribution in [-0.2, 0) is 0 Å². The predicted octanol–water partition coefficient (Wildman–Crippen LogP) is 1.45. The quantitative estimate of drug-likeness (QED) is 0.301. The number of hydrogen-bond donors (Lipinski definition) is 0. The second kappa shape index (κ2) is 5.82. The van der Waals surface area contributed by atoms with E-state index in [1.54, 1.807) is 0 Å². The number of halogens is 1. The zero-order valence-corrected chi connectivity index (χ0v) is 6.38. The van der Waals surface area contributed by atoms with Crippen molar-refractivity contribution < 1.29 is 0 Å². The molecule has 0 aliphatic rings. The van der Waals surface area contributed by atoms with Gasteiger partial charge >= 0.3 is 0 Å². The Morgan fingerprint density at radius 2 is 2.33 bits per heavy atom. The summed E-state index contributed by atoms with van der Waals surface area (Å²) < 4.78 is 0.966. The van der Waals surface area contributed by atoms with E-state index >= 15 is 0 Å². The first kappa shape index (κ1) is 6.82. The molecular weight excluding hydrogens is 110 g/mol. The standard InChI is InChI=1S/C3H7.CH2Cl.Al.H/c1-3-2;1-2;;/h1,3H2,2H3;1H2;;. The van der Waals surface area contributed by atoms with Crippen molar-refractivity contribution in [3.63, 3.8) is 0 Å². The maximum Gasteiger partial charge on any atom is 0.259 e. The molecule has 0 saturated heterocycles. The molecule has 2 heteroatoms. The van der Waals surface area contributed by atoms with E-state index in [4.69, 9.17) is 11.6 Å². The monoisotopic (exact) mass is 120 g/mol. The van der Waals surface area contributed by atoms with Gasteiger partial charge in [0.1, 0.15) is 0 Å². The zero-order valence-electron chi connectivity index (χ0n) is 4.21.